The Hall–Kier alpha value is -5.55. The predicted octanol–water partition coefficient (Wildman–Crippen LogP) is 8.79. The molecule has 16 heteroatoms. The number of pyridine rings is 1. The predicted molar refractivity (Wildman–Crippen MR) is 320 cm³/mol. The van der Waals surface area contributed by atoms with E-state index in [2.05, 4.69) is 101 Å². The number of benzene rings is 2. The molecule has 7 heterocycles. The highest BCUT2D eigenvalue weighted by Crippen LogP contribution is 2.47. The number of nitrogens with one attached hydrogen (secondary N) is 1. The lowest BCUT2D eigenvalue weighted by Gasteiger charge is -2.36. The summed E-state index contributed by atoms with van der Waals surface area (Å²) in [6.07, 6.45) is 9.95. The summed E-state index contributed by atoms with van der Waals surface area (Å²) in [7, 11) is 5.61. The van der Waals surface area contributed by atoms with E-state index in [1.54, 1.807) is 19.1 Å². The highest BCUT2D eigenvalue weighted by Gasteiger charge is 2.57. The minimum atomic E-state index is -0.883. The first-order chi connectivity index (χ1) is 39.4. The third-order valence-corrected chi connectivity index (χ3v) is 19.6. The molecule has 2 saturated carbocycles. The molecule has 3 amide bonds. The summed E-state index contributed by atoms with van der Waals surface area (Å²) in [5, 5.41) is 4.34. The first kappa shape index (κ1) is 58.2. The van der Waals surface area contributed by atoms with Crippen LogP contribution < -0.4 is 15.0 Å². The van der Waals surface area contributed by atoms with Crippen molar-refractivity contribution in [3.8, 4) is 28.1 Å². The molecule has 7 aliphatic rings. The number of fused-ring (bicyclic) bond motifs is 5. The summed E-state index contributed by atoms with van der Waals surface area (Å²) in [6, 6.07) is 15.6. The monoisotopic (exact) mass is 1120 g/mol. The highest BCUT2D eigenvalue weighted by atomic mass is 16.5. The van der Waals surface area contributed by atoms with E-state index in [9.17, 15) is 19.2 Å². The topological polar surface area (TPSA) is 151 Å². The molecule has 82 heavy (non-hydrogen) atoms. The van der Waals surface area contributed by atoms with Crippen molar-refractivity contribution < 1.29 is 38.1 Å². The summed E-state index contributed by atoms with van der Waals surface area (Å²) in [5.74, 6) is 0.00424. The number of likely N-dealkylation sites (tertiary alicyclic amines) is 1. The molecule has 8 atom stereocenters. The fourth-order valence-corrected chi connectivity index (χ4v) is 14.0. The first-order valence-electron chi connectivity index (χ1n) is 31.2. The number of esters is 1. The van der Waals surface area contributed by atoms with Gasteiger partial charge in [-0.05, 0) is 149 Å². The van der Waals surface area contributed by atoms with Gasteiger partial charge in [-0.2, -0.15) is 0 Å². The third-order valence-electron chi connectivity index (χ3n) is 19.6. The molecular weight excluding hydrogens is 1030 g/mol. The van der Waals surface area contributed by atoms with E-state index >= 15 is 0 Å². The van der Waals surface area contributed by atoms with Crippen LogP contribution in [0.3, 0.4) is 0 Å². The van der Waals surface area contributed by atoms with Gasteiger partial charge in [-0.15, -0.1) is 0 Å². The molecule has 11 rings (SSSR count). The van der Waals surface area contributed by atoms with Gasteiger partial charge in [0.15, 0.2) is 0 Å². The molecule has 2 aromatic heterocycles. The maximum Gasteiger partial charge on any atom is 0.308 e. The van der Waals surface area contributed by atoms with Crippen LogP contribution in [-0.4, -0.2) is 170 Å². The summed E-state index contributed by atoms with van der Waals surface area (Å²) in [6.45, 7) is 21.6. The molecule has 0 radical (unpaired) electrons. The maximum atomic E-state index is 14.8. The van der Waals surface area contributed by atoms with Crippen molar-refractivity contribution in [3.05, 3.63) is 65.5 Å². The van der Waals surface area contributed by atoms with Gasteiger partial charge in [0.25, 0.3) is 0 Å². The Kier molecular flexibility index (Phi) is 17.2. The van der Waals surface area contributed by atoms with E-state index < -0.39 is 17.4 Å². The highest BCUT2D eigenvalue weighted by molar-refractivity contribution is 5.96. The van der Waals surface area contributed by atoms with Crippen molar-refractivity contribution in [1.82, 2.24) is 34.5 Å². The van der Waals surface area contributed by atoms with Crippen LogP contribution in [0.1, 0.15) is 123 Å². The number of methoxy groups -OCH3 is 1. The number of ether oxygens (including phenoxy) is 4. The first-order valence-corrected chi connectivity index (χ1v) is 31.2. The van der Waals surface area contributed by atoms with E-state index in [0.717, 1.165) is 101 Å². The number of anilines is 1. The van der Waals surface area contributed by atoms with Gasteiger partial charge < -0.3 is 43.5 Å². The van der Waals surface area contributed by atoms with Gasteiger partial charge in [-0.3, -0.25) is 34.0 Å². The third kappa shape index (κ3) is 12.5. The van der Waals surface area contributed by atoms with Crippen molar-refractivity contribution in [2.24, 2.45) is 35.0 Å². The van der Waals surface area contributed by atoms with Crippen molar-refractivity contribution in [2.75, 3.05) is 91.7 Å². The smallest absolute Gasteiger partial charge is 0.308 e. The van der Waals surface area contributed by atoms with Crippen LogP contribution in [0, 0.1) is 35.0 Å². The molecule has 5 aliphatic heterocycles. The minimum Gasteiger partial charge on any atom is -0.491 e. The Bertz CT molecular complexity index is 2990. The van der Waals surface area contributed by atoms with Crippen LogP contribution in [-0.2, 0) is 52.8 Å². The van der Waals surface area contributed by atoms with Crippen LogP contribution in [0.4, 0.5) is 5.69 Å². The van der Waals surface area contributed by atoms with E-state index in [4.69, 9.17) is 23.9 Å². The molecule has 6 bridgehead atoms. The van der Waals surface area contributed by atoms with Crippen LogP contribution in [0.25, 0.3) is 33.3 Å². The maximum absolute atomic E-state index is 14.8. The number of amides is 3. The molecule has 444 valence electrons. The number of nitrogens with zero attached hydrogens (tertiary/aromatic N) is 7. The van der Waals surface area contributed by atoms with Gasteiger partial charge in [-0.25, -0.2) is 0 Å². The number of carbonyl (C=O) groups excluding carboxylic acids is 4. The molecule has 0 spiro atoms. The second-order valence-electron chi connectivity index (χ2n) is 26.6. The van der Waals surface area contributed by atoms with Gasteiger partial charge >= 0.3 is 5.97 Å². The number of cyclic esters (lactones) is 1. The van der Waals surface area contributed by atoms with Gasteiger partial charge in [0.1, 0.15) is 24.4 Å². The lowest BCUT2D eigenvalue weighted by molar-refractivity contribution is -0.151. The summed E-state index contributed by atoms with van der Waals surface area (Å²) in [4.78, 5) is 73.6. The molecule has 3 saturated heterocycles. The number of carbonyl (C=O) groups is 4. The van der Waals surface area contributed by atoms with Crippen LogP contribution in [0.5, 0.6) is 5.75 Å². The molecule has 16 nitrogen and oxygen atoms in total. The number of aromatic nitrogens is 2. The standard InChI is InChI=1S/C66H92N8O8/c1-11-74-56-19-16-46-33-51(56)53(60(74)52-34-49(36-67-58(52)42(5)79-10)72-27-25-71(26-28-72)48-17-18-48)35-66(6,7)39-82-65(78)41(4)13-12-22-69(8)63(76)55-31-43-29-47(46)32-50(30-43)80-38-57(81-37-54(40(2)3)62(75)68-55)44-20-23-73(24-21-44)64(77)61-59(70(61)9)45-14-15-45/h16,19,29-30,32-34,36,40-42,44-45,48,54-55,57,59,61H,11-15,17-18,20-28,31,35,37-39H2,1-10H3,(H,68,75)/t41-,42-,54-,55-,57+,59+,61+,70?/m0/s1. The Morgan fingerprint density at radius 2 is 1.61 bits per heavy atom. The van der Waals surface area contributed by atoms with Crippen LogP contribution in [0.2, 0.25) is 0 Å². The number of piperazine rings is 1. The Morgan fingerprint density at radius 1 is 0.854 bits per heavy atom. The average Bonchev–Trinajstić information content (AvgIpc) is 3.60. The molecule has 2 aliphatic carbocycles. The summed E-state index contributed by atoms with van der Waals surface area (Å²) >= 11 is 0. The molecule has 4 aromatic rings. The van der Waals surface area contributed by atoms with Crippen molar-refractivity contribution in [1.29, 1.82) is 0 Å². The molecule has 1 unspecified atom stereocenters. The largest absolute Gasteiger partial charge is 0.491 e. The number of hydrogen-bond donors (Lipinski definition) is 1. The van der Waals surface area contributed by atoms with E-state index in [1.807, 2.05) is 33.0 Å². The van der Waals surface area contributed by atoms with E-state index in [1.165, 1.54) is 25.7 Å². The van der Waals surface area contributed by atoms with Crippen molar-refractivity contribution in [2.45, 2.75) is 156 Å². The number of aryl methyl sites for hydroxylation is 1. The number of rotatable bonds is 10. The average molecular weight is 1130 g/mol. The Balaban J connectivity index is 1.000. The molecule has 1 N–H and O–H groups in total. The zero-order chi connectivity index (χ0) is 57.7. The Morgan fingerprint density at radius 3 is 2.30 bits per heavy atom. The normalized spacial score (nSPS) is 27.9. The van der Waals surface area contributed by atoms with Crippen LogP contribution >= 0.6 is 0 Å². The molecular formula is C66H92N8O8. The van der Waals surface area contributed by atoms with Gasteiger partial charge in [0.2, 0.25) is 17.7 Å². The number of likely N-dealkylation sites (N-methyl/N-ethyl adjacent to an activating group) is 2. The number of piperidine rings is 1. The van der Waals surface area contributed by atoms with Gasteiger partial charge in [-0.1, -0.05) is 46.8 Å². The summed E-state index contributed by atoms with van der Waals surface area (Å²) in [5.41, 5.74) is 8.59. The minimum absolute atomic E-state index is 0.00177. The second kappa shape index (κ2) is 24.2. The molecule has 5 fully saturated rings. The lowest BCUT2D eigenvalue weighted by Crippen LogP contribution is -2.51. The van der Waals surface area contributed by atoms with E-state index in [0.29, 0.717) is 63.2 Å². The van der Waals surface area contributed by atoms with Crippen molar-refractivity contribution >= 4 is 40.3 Å². The zero-order valence-electron chi connectivity index (χ0n) is 50.7. The van der Waals surface area contributed by atoms with Gasteiger partial charge in [0, 0.05) is 107 Å². The van der Waals surface area contributed by atoms with Gasteiger partial charge in [0.05, 0.1) is 60.5 Å². The second-order valence-corrected chi connectivity index (χ2v) is 26.6. The number of hydrogen-bond acceptors (Lipinski definition) is 12. The summed E-state index contributed by atoms with van der Waals surface area (Å²) < 4.78 is 28.6. The zero-order valence-corrected chi connectivity index (χ0v) is 50.7. The molecule has 2 aromatic carbocycles. The fourth-order valence-electron chi connectivity index (χ4n) is 14.0. The lowest BCUT2D eigenvalue weighted by atomic mass is 9.84. The Labute approximate surface area is 486 Å². The van der Waals surface area contributed by atoms with E-state index in [-0.39, 0.29) is 85.9 Å². The fraction of sp³-hybridized carbons (Fsp3) is 0.652. The van der Waals surface area contributed by atoms with Crippen LogP contribution in [0.15, 0.2) is 48.7 Å². The quantitative estimate of drug-likeness (QED) is 0.119. The SMILES string of the molecule is CCn1c(-c2cc(N3CCN(C4CC4)CC3)cnc2[C@H](C)OC)c2c3cc(ccc31)-c1cc3cc(c1)OC[C@H](C1CCN(C(=O)[C@H]4[C@@H](C5CC5)N4C)CC1)OC[C@@H](C(C)C)C(=O)N[C@@H](C3)C(=O)N(C)CCC[C@H](C)C(=O)OCC(C)(C)C2. The van der Waals surface area contributed by atoms with Crippen molar-refractivity contribution in [3.63, 3.8) is 0 Å².